The highest BCUT2D eigenvalue weighted by atomic mass is 16.5. The Bertz CT molecular complexity index is 340. The standard InChI is InChI=1S/C12H15NO.C2H6/c1-4-11-7-9(2)12(10(3)8-11)14-6-5-13;1-2/h7-8H,4,6H2,1-3H3;1-2H3. The quantitative estimate of drug-likeness (QED) is 0.774. The van der Waals surface area contributed by atoms with E-state index in [1.807, 2.05) is 33.8 Å². The molecule has 16 heavy (non-hydrogen) atoms. The fraction of sp³-hybridized carbons (Fsp3) is 0.500. The predicted octanol–water partition coefficient (Wildman–Crippen LogP) is 3.79. The molecule has 0 fully saturated rings. The molecule has 0 bridgehead atoms. The number of ether oxygens (including phenoxy) is 1. The summed E-state index contributed by atoms with van der Waals surface area (Å²) in [6.45, 7) is 10.3. The number of rotatable bonds is 3. The third kappa shape index (κ3) is 3.94. The molecule has 88 valence electrons. The zero-order chi connectivity index (χ0) is 12.6. The molecular weight excluding hydrogens is 198 g/mol. The lowest BCUT2D eigenvalue weighted by molar-refractivity contribution is 0.363. The van der Waals surface area contributed by atoms with Crippen LogP contribution < -0.4 is 4.74 Å². The van der Waals surface area contributed by atoms with Crippen molar-refractivity contribution in [1.29, 1.82) is 5.26 Å². The van der Waals surface area contributed by atoms with Crippen molar-refractivity contribution >= 4 is 0 Å². The summed E-state index contributed by atoms with van der Waals surface area (Å²) in [4.78, 5) is 0. The summed E-state index contributed by atoms with van der Waals surface area (Å²) in [5.41, 5.74) is 3.53. The number of nitrogens with zero attached hydrogens (tertiary/aromatic N) is 1. The van der Waals surface area contributed by atoms with Gasteiger partial charge in [0.25, 0.3) is 0 Å². The lowest BCUT2D eigenvalue weighted by atomic mass is 10.0. The average molecular weight is 219 g/mol. The molecule has 0 unspecified atom stereocenters. The van der Waals surface area contributed by atoms with Gasteiger partial charge in [-0.3, -0.25) is 0 Å². The van der Waals surface area contributed by atoms with Gasteiger partial charge >= 0.3 is 0 Å². The SMILES string of the molecule is CC.CCc1cc(C)c(OCC#N)c(C)c1. The van der Waals surface area contributed by atoms with E-state index < -0.39 is 0 Å². The van der Waals surface area contributed by atoms with Gasteiger partial charge in [-0.1, -0.05) is 32.9 Å². The van der Waals surface area contributed by atoms with Gasteiger partial charge in [-0.15, -0.1) is 0 Å². The molecule has 0 aliphatic rings. The molecule has 0 aliphatic carbocycles. The van der Waals surface area contributed by atoms with E-state index in [4.69, 9.17) is 10.00 Å². The zero-order valence-electron chi connectivity index (χ0n) is 10.9. The first-order valence-electron chi connectivity index (χ1n) is 5.79. The second kappa shape index (κ2) is 7.76. The molecular formula is C14H21NO. The van der Waals surface area contributed by atoms with Gasteiger partial charge in [-0.25, -0.2) is 0 Å². The Labute approximate surface area is 98.9 Å². The van der Waals surface area contributed by atoms with Crippen molar-refractivity contribution in [3.63, 3.8) is 0 Å². The molecule has 2 nitrogen and oxygen atoms in total. The first kappa shape index (κ1) is 14.5. The number of nitriles is 1. The van der Waals surface area contributed by atoms with Gasteiger partial charge in [-0.2, -0.15) is 5.26 Å². The second-order valence-electron chi connectivity index (χ2n) is 3.36. The van der Waals surface area contributed by atoms with Crippen molar-refractivity contribution in [2.24, 2.45) is 0 Å². The smallest absolute Gasteiger partial charge is 0.174 e. The topological polar surface area (TPSA) is 33.0 Å². The van der Waals surface area contributed by atoms with E-state index in [0.717, 1.165) is 23.3 Å². The van der Waals surface area contributed by atoms with Crippen LogP contribution in [0.25, 0.3) is 0 Å². The Balaban J connectivity index is 0.00000106. The van der Waals surface area contributed by atoms with Crippen molar-refractivity contribution in [2.75, 3.05) is 6.61 Å². The van der Waals surface area contributed by atoms with Gasteiger partial charge in [-0.05, 0) is 37.0 Å². The highest BCUT2D eigenvalue weighted by Gasteiger charge is 2.05. The van der Waals surface area contributed by atoms with Crippen molar-refractivity contribution in [3.05, 3.63) is 28.8 Å². The summed E-state index contributed by atoms with van der Waals surface area (Å²) in [5, 5.41) is 8.44. The Morgan fingerprint density at radius 3 is 2.06 bits per heavy atom. The molecule has 0 radical (unpaired) electrons. The number of aryl methyl sites for hydroxylation is 3. The summed E-state index contributed by atoms with van der Waals surface area (Å²) in [7, 11) is 0. The number of hydrogen-bond donors (Lipinski definition) is 0. The van der Waals surface area contributed by atoms with E-state index in [0.29, 0.717) is 0 Å². The lowest BCUT2D eigenvalue weighted by Gasteiger charge is -2.11. The van der Waals surface area contributed by atoms with Crippen LogP contribution in [0.2, 0.25) is 0 Å². The maximum atomic E-state index is 8.44. The van der Waals surface area contributed by atoms with E-state index >= 15 is 0 Å². The Morgan fingerprint density at radius 2 is 1.69 bits per heavy atom. The summed E-state index contributed by atoms with van der Waals surface area (Å²) < 4.78 is 5.36. The van der Waals surface area contributed by atoms with Gasteiger partial charge < -0.3 is 4.74 Å². The molecule has 2 heteroatoms. The lowest BCUT2D eigenvalue weighted by Crippen LogP contribution is -1.99. The van der Waals surface area contributed by atoms with E-state index in [1.54, 1.807) is 0 Å². The van der Waals surface area contributed by atoms with Crippen LogP contribution >= 0.6 is 0 Å². The van der Waals surface area contributed by atoms with E-state index in [1.165, 1.54) is 5.56 Å². The minimum absolute atomic E-state index is 0.118. The molecule has 0 aromatic heterocycles. The normalized spacial score (nSPS) is 8.75. The number of hydrogen-bond acceptors (Lipinski definition) is 2. The van der Waals surface area contributed by atoms with Gasteiger partial charge in [0.15, 0.2) is 6.61 Å². The molecule has 0 saturated carbocycles. The first-order valence-corrected chi connectivity index (χ1v) is 5.79. The highest BCUT2D eigenvalue weighted by molar-refractivity contribution is 5.43. The van der Waals surface area contributed by atoms with Crippen LogP contribution in [0.5, 0.6) is 5.75 Å². The largest absolute Gasteiger partial charge is 0.478 e. The van der Waals surface area contributed by atoms with Gasteiger partial charge in [0.05, 0.1) is 0 Å². The van der Waals surface area contributed by atoms with Gasteiger partial charge in [0.1, 0.15) is 11.8 Å². The van der Waals surface area contributed by atoms with E-state index in [2.05, 4.69) is 19.1 Å². The summed E-state index contributed by atoms with van der Waals surface area (Å²) >= 11 is 0. The minimum atomic E-state index is 0.118. The van der Waals surface area contributed by atoms with Crippen LogP contribution in [0.15, 0.2) is 12.1 Å². The van der Waals surface area contributed by atoms with Crippen LogP contribution in [0.1, 0.15) is 37.5 Å². The van der Waals surface area contributed by atoms with Gasteiger partial charge in [0, 0.05) is 0 Å². The van der Waals surface area contributed by atoms with Gasteiger partial charge in [0.2, 0.25) is 0 Å². The second-order valence-corrected chi connectivity index (χ2v) is 3.36. The average Bonchev–Trinajstić information content (AvgIpc) is 2.30. The Kier molecular flexibility index (Phi) is 7.03. The minimum Gasteiger partial charge on any atom is -0.478 e. The first-order chi connectivity index (χ1) is 7.69. The van der Waals surface area contributed by atoms with E-state index in [9.17, 15) is 0 Å². The Morgan fingerprint density at radius 1 is 1.19 bits per heavy atom. The molecule has 1 aromatic carbocycles. The van der Waals surface area contributed by atoms with Crippen molar-refractivity contribution in [2.45, 2.75) is 41.0 Å². The molecule has 1 rings (SSSR count). The van der Waals surface area contributed by atoms with Crippen LogP contribution in [0, 0.1) is 25.2 Å². The molecule has 0 atom stereocenters. The molecule has 0 N–H and O–H groups in total. The van der Waals surface area contributed by atoms with Crippen LogP contribution in [0.4, 0.5) is 0 Å². The van der Waals surface area contributed by atoms with Crippen molar-refractivity contribution in [1.82, 2.24) is 0 Å². The number of benzene rings is 1. The zero-order valence-corrected chi connectivity index (χ0v) is 10.9. The maximum Gasteiger partial charge on any atom is 0.174 e. The van der Waals surface area contributed by atoms with Crippen LogP contribution in [-0.4, -0.2) is 6.61 Å². The van der Waals surface area contributed by atoms with Crippen molar-refractivity contribution < 1.29 is 4.74 Å². The van der Waals surface area contributed by atoms with Crippen molar-refractivity contribution in [3.8, 4) is 11.8 Å². The molecule has 0 aliphatic heterocycles. The summed E-state index contributed by atoms with van der Waals surface area (Å²) in [6.07, 6.45) is 1.03. The maximum absolute atomic E-state index is 8.44. The molecule has 1 aromatic rings. The predicted molar refractivity (Wildman–Crippen MR) is 67.8 cm³/mol. The van der Waals surface area contributed by atoms with E-state index in [-0.39, 0.29) is 6.61 Å². The molecule has 0 saturated heterocycles. The monoisotopic (exact) mass is 219 g/mol. The fourth-order valence-electron chi connectivity index (χ4n) is 1.58. The molecule has 0 spiro atoms. The highest BCUT2D eigenvalue weighted by Crippen LogP contribution is 2.24. The molecule has 0 heterocycles. The third-order valence-corrected chi connectivity index (χ3v) is 2.21. The van der Waals surface area contributed by atoms with Crippen LogP contribution in [0.3, 0.4) is 0 Å². The Hall–Kier alpha value is -1.49. The summed E-state index contributed by atoms with van der Waals surface area (Å²) in [6, 6.07) is 6.20. The molecule has 0 amide bonds. The summed E-state index contributed by atoms with van der Waals surface area (Å²) in [5.74, 6) is 0.851. The fourth-order valence-corrected chi connectivity index (χ4v) is 1.58. The van der Waals surface area contributed by atoms with Crippen LogP contribution in [-0.2, 0) is 6.42 Å². The third-order valence-electron chi connectivity index (χ3n) is 2.21.